The summed E-state index contributed by atoms with van der Waals surface area (Å²) in [6.45, 7) is 3.94. The minimum atomic E-state index is -0.507. The van der Waals surface area contributed by atoms with Crippen molar-refractivity contribution in [3.8, 4) is 17.6 Å². The largest absolute Gasteiger partial charge is 0.493 e. The predicted octanol–water partition coefficient (Wildman–Crippen LogP) is 3.56. The van der Waals surface area contributed by atoms with Gasteiger partial charge in [-0.3, -0.25) is 0 Å². The monoisotopic (exact) mass is 362 g/mol. The van der Waals surface area contributed by atoms with Gasteiger partial charge in [0.2, 0.25) is 5.90 Å². The van der Waals surface area contributed by atoms with Gasteiger partial charge in [0.1, 0.15) is 6.07 Å². The highest BCUT2D eigenvalue weighted by molar-refractivity contribution is 6.12. The summed E-state index contributed by atoms with van der Waals surface area (Å²) in [6.07, 6.45) is 1.62. The van der Waals surface area contributed by atoms with Crippen molar-refractivity contribution in [1.29, 1.82) is 5.26 Å². The fourth-order valence-electron chi connectivity index (χ4n) is 2.57. The van der Waals surface area contributed by atoms with E-state index in [-0.39, 0.29) is 18.2 Å². The summed E-state index contributed by atoms with van der Waals surface area (Å²) in [4.78, 5) is 16.5. The van der Waals surface area contributed by atoms with Gasteiger partial charge in [-0.15, -0.1) is 0 Å². The number of benzene rings is 2. The Balaban J connectivity index is 1.90. The molecule has 6 nitrogen and oxygen atoms in total. The molecule has 0 amide bonds. The molecule has 2 aromatic carbocycles. The fourth-order valence-corrected chi connectivity index (χ4v) is 2.57. The lowest BCUT2D eigenvalue weighted by Gasteiger charge is -2.08. The number of aliphatic imine (C=N–C) groups is 1. The molecule has 6 heteroatoms. The zero-order valence-electron chi connectivity index (χ0n) is 15.3. The number of nitrogens with zero attached hydrogens (tertiary/aromatic N) is 2. The van der Waals surface area contributed by atoms with Gasteiger partial charge in [0.25, 0.3) is 0 Å². The average Bonchev–Trinajstić information content (AvgIpc) is 3.03. The fraction of sp³-hybridized carbons (Fsp3) is 0.190. The molecule has 0 bridgehead atoms. The zero-order chi connectivity index (χ0) is 19.4. The van der Waals surface area contributed by atoms with Gasteiger partial charge in [0.15, 0.2) is 23.8 Å². The molecule has 1 aliphatic heterocycles. The number of ether oxygens (including phenoxy) is 3. The molecule has 1 aliphatic rings. The Labute approximate surface area is 157 Å². The Bertz CT molecular complexity index is 1000. The second kappa shape index (κ2) is 7.75. The number of nitriles is 1. The molecule has 136 valence electrons. The van der Waals surface area contributed by atoms with Crippen molar-refractivity contribution in [3.05, 3.63) is 64.3 Å². The van der Waals surface area contributed by atoms with Gasteiger partial charge in [-0.25, -0.2) is 9.79 Å². The van der Waals surface area contributed by atoms with Gasteiger partial charge in [-0.1, -0.05) is 12.1 Å². The van der Waals surface area contributed by atoms with Crippen molar-refractivity contribution >= 4 is 17.9 Å². The SMILES string of the molecule is COc1cc(/C=C2\N=C(c3ccc(C)c(C)c3)OC2=O)ccc1OCC#N. The molecule has 0 aromatic heterocycles. The first-order valence-electron chi connectivity index (χ1n) is 8.30. The molecule has 0 fully saturated rings. The Morgan fingerprint density at radius 3 is 2.67 bits per heavy atom. The summed E-state index contributed by atoms with van der Waals surface area (Å²) in [5, 5.41) is 8.62. The molecule has 0 spiro atoms. The maximum Gasteiger partial charge on any atom is 0.363 e. The molecule has 0 saturated heterocycles. The third-order valence-corrected chi connectivity index (χ3v) is 4.16. The van der Waals surface area contributed by atoms with E-state index in [9.17, 15) is 4.79 Å². The van der Waals surface area contributed by atoms with Gasteiger partial charge in [0.05, 0.1) is 7.11 Å². The highest BCUT2D eigenvalue weighted by Gasteiger charge is 2.24. The van der Waals surface area contributed by atoms with Crippen LogP contribution in [0.4, 0.5) is 0 Å². The smallest absolute Gasteiger partial charge is 0.363 e. The summed E-state index contributed by atoms with van der Waals surface area (Å²) < 4.78 is 15.9. The summed E-state index contributed by atoms with van der Waals surface area (Å²) >= 11 is 0. The topological polar surface area (TPSA) is 80.9 Å². The van der Waals surface area contributed by atoms with Crippen LogP contribution in [0.3, 0.4) is 0 Å². The molecule has 0 N–H and O–H groups in total. The van der Waals surface area contributed by atoms with Crippen LogP contribution < -0.4 is 9.47 Å². The van der Waals surface area contributed by atoms with Crippen LogP contribution in [0, 0.1) is 25.2 Å². The van der Waals surface area contributed by atoms with Crippen molar-refractivity contribution in [2.45, 2.75) is 13.8 Å². The molecule has 0 atom stereocenters. The summed E-state index contributed by atoms with van der Waals surface area (Å²) in [7, 11) is 1.51. The first-order chi connectivity index (χ1) is 13.0. The minimum absolute atomic E-state index is 0.0766. The Morgan fingerprint density at radius 1 is 1.15 bits per heavy atom. The van der Waals surface area contributed by atoms with Crippen LogP contribution >= 0.6 is 0 Å². The normalized spacial score (nSPS) is 14.5. The van der Waals surface area contributed by atoms with Crippen LogP contribution in [-0.2, 0) is 9.53 Å². The number of esters is 1. The summed E-state index contributed by atoms with van der Waals surface area (Å²) in [6, 6.07) is 12.8. The number of cyclic esters (lactones) is 1. The van der Waals surface area contributed by atoms with Crippen LogP contribution in [-0.4, -0.2) is 25.6 Å². The van der Waals surface area contributed by atoms with Crippen molar-refractivity contribution in [2.24, 2.45) is 4.99 Å². The van der Waals surface area contributed by atoms with Gasteiger partial charge in [-0.05, 0) is 60.9 Å². The third-order valence-electron chi connectivity index (χ3n) is 4.16. The number of rotatable bonds is 5. The number of aryl methyl sites for hydroxylation is 2. The number of methoxy groups -OCH3 is 1. The molecular formula is C21H18N2O4. The van der Waals surface area contributed by atoms with E-state index in [1.165, 1.54) is 7.11 Å². The van der Waals surface area contributed by atoms with Gasteiger partial charge in [0, 0.05) is 5.56 Å². The van der Waals surface area contributed by atoms with E-state index in [0.29, 0.717) is 17.1 Å². The van der Waals surface area contributed by atoms with Crippen molar-refractivity contribution in [3.63, 3.8) is 0 Å². The number of carbonyl (C=O) groups is 1. The van der Waals surface area contributed by atoms with Crippen LogP contribution in [0.15, 0.2) is 47.1 Å². The highest BCUT2D eigenvalue weighted by atomic mass is 16.6. The summed E-state index contributed by atoms with van der Waals surface area (Å²) in [5.74, 6) is 0.695. The average molecular weight is 362 g/mol. The van der Waals surface area contributed by atoms with Crippen LogP contribution in [0.2, 0.25) is 0 Å². The van der Waals surface area contributed by atoms with E-state index in [4.69, 9.17) is 19.5 Å². The quantitative estimate of drug-likeness (QED) is 0.600. The zero-order valence-corrected chi connectivity index (χ0v) is 15.3. The second-order valence-corrected chi connectivity index (χ2v) is 5.99. The molecule has 2 aromatic rings. The molecule has 1 heterocycles. The van der Waals surface area contributed by atoms with Crippen molar-refractivity contribution < 1.29 is 19.0 Å². The van der Waals surface area contributed by atoms with E-state index in [0.717, 1.165) is 16.7 Å². The highest BCUT2D eigenvalue weighted by Crippen LogP contribution is 2.29. The number of carbonyl (C=O) groups excluding carboxylic acids is 1. The first-order valence-corrected chi connectivity index (χ1v) is 8.30. The predicted molar refractivity (Wildman–Crippen MR) is 101 cm³/mol. The standard InChI is InChI=1S/C21H18N2O4/c1-13-4-6-16(10-14(13)2)20-23-17(21(24)27-20)11-15-5-7-18(26-9-8-22)19(12-15)25-3/h4-7,10-12H,9H2,1-3H3/b17-11-. The molecule has 27 heavy (non-hydrogen) atoms. The molecule has 0 unspecified atom stereocenters. The first kappa shape index (κ1) is 18.2. The Morgan fingerprint density at radius 2 is 1.96 bits per heavy atom. The van der Waals surface area contributed by atoms with E-state index in [1.807, 2.05) is 38.1 Å². The van der Waals surface area contributed by atoms with Crippen LogP contribution in [0.25, 0.3) is 6.08 Å². The van der Waals surface area contributed by atoms with E-state index in [1.54, 1.807) is 24.3 Å². The van der Waals surface area contributed by atoms with E-state index >= 15 is 0 Å². The van der Waals surface area contributed by atoms with Crippen LogP contribution in [0.1, 0.15) is 22.3 Å². The second-order valence-electron chi connectivity index (χ2n) is 5.99. The number of hydrogen-bond donors (Lipinski definition) is 0. The van der Waals surface area contributed by atoms with Gasteiger partial charge >= 0.3 is 5.97 Å². The lowest BCUT2D eigenvalue weighted by Crippen LogP contribution is -2.05. The van der Waals surface area contributed by atoms with Gasteiger partial charge < -0.3 is 14.2 Å². The maximum atomic E-state index is 12.2. The lowest BCUT2D eigenvalue weighted by atomic mass is 10.1. The maximum absolute atomic E-state index is 12.2. The molecular weight excluding hydrogens is 344 g/mol. The van der Waals surface area contributed by atoms with Crippen LogP contribution in [0.5, 0.6) is 11.5 Å². The Kier molecular flexibility index (Phi) is 5.23. The Hall–Kier alpha value is -3.59. The molecule has 3 rings (SSSR count). The molecule has 0 aliphatic carbocycles. The van der Waals surface area contributed by atoms with Crippen molar-refractivity contribution in [1.82, 2.24) is 0 Å². The number of hydrogen-bond acceptors (Lipinski definition) is 6. The van der Waals surface area contributed by atoms with Crippen molar-refractivity contribution in [2.75, 3.05) is 13.7 Å². The third kappa shape index (κ3) is 3.98. The molecule has 0 radical (unpaired) electrons. The van der Waals surface area contributed by atoms with Gasteiger partial charge in [-0.2, -0.15) is 5.26 Å². The van der Waals surface area contributed by atoms with E-state index < -0.39 is 5.97 Å². The van der Waals surface area contributed by atoms with E-state index in [2.05, 4.69) is 4.99 Å². The lowest BCUT2D eigenvalue weighted by molar-refractivity contribution is -0.129. The molecule has 0 saturated carbocycles. The summed E-state index contributed by atoms with van der Waals surface area (Å²) in [5.41, 5.74) is 3.92. The minimum Gasteiger partial charge on any atom is -0.493 e.